The third kappa shape index (κ3) is 3.51. The Kier molecular flexibility index (Phi) is 4.25. The van der Waals surface area contributed by atoms with Gasteiger partial charge in [-0.2, -0.15) is 0 Å². The van der Waals surface area contributed by atoms with Gasteiger partial charge in [0.2, 0.25) is 0 Å². The molecular formula is C10H10ClFN2O2. The Morgan fingerprint density at radius 2 is 1.81 bits per heavy atom. The first-order chi connectivity index (χ1) is 7.50. The average Bonchev–Trinajstić information content (AvgIpc) is 2.26. The van der Waals surface area contributed by atoms with E-state index in [9.17, 15) is 14.0 Å². The maximum absolute atomic E-state index is 12.6. The molecule has 0 fully saturated rings. The number of hydrazine groups is 1. The number of carbonyl (C=O) groups is 2. The Morgan fingerprint density at radius 3 is 2.31 bits per heavy atom. The summed E-state index contributed by atoms with van der Waals surface area (Å²) in [6.45, 7) is 1.47. The van der Waals surface area contributed by atoms with Crippen LogP contribution in [-0.2, 0) is 4.79 Å². The highest BCUT2D eigenvalue weighted by atomic mass is 35.5. The van der Waals surface area contributed by atoms with Gasteiger partial charge in [-0.25, -0.2) is 4.39 Å². The molecule has 16 heavy (non-hydrogen) atoms. The molecule has 0 heterocycles. The van der Waals surface area contributed by atoms with Crippen molar-refractivity contribution in [1.82, 2.24) is 10.9 Å². The second-order valence-corrected chi connectivity index (χ2v) is 3.72. The van der Waals surface area contributed by atoms with Crippen molar-refractivity contribution in [2.24, 2.45) is 0 Å². The predicted molar refractivity (Wildman–Crippen MR) is 57.3 cm³/mol. The Morgan fingerprint density at radius 1 is 1.25 bits per heavy atom. The highest BCUT2D eigenvalue weighted by molar-refractivity contribution is 6.30. The third-order valence-corrected chi connectivity index (χ3v) is 1.97. The Balaban J connectivity index is 2.53. The first-order valence-electron chi connectivity index (χ1n) is 4.50. The first kappa shape index (κ1) is 12.4. The number of hydrogen-bond acceptors (Lipinski definition) is 2. The minimum atomic E-state index is -0.742. The van der Waals surface area contributed by atoms with Crippen molar-refractivity contribution in [3.63, 3.8) is 0 Å². The number of nitrogens with one attached hydrogen (secondary N) is 2. The van der Waals surface area contributed by atoms with Crippen LogP contribution in [0.2, 0.25) is 0 Å². The van der Waals surface area contributed by atoms with Gasteiger partial charge < -0.3 is 0 Å². The fourth-order valence-corrected chi connectivity index (χ4v) is 0.946. The standard InChI is InChI=1S/C10H10ClFN2O2/c1-6(11)9(15)13-14-10(16)7-2-4-8(12)5-3-7/h2-6H,1H3,(H,13,15)(H,14,16)/t6-/m0/s1. The molecule has 1 atom stereocenters. The summed E-state index contributed by atoms with van der Waals surface area (Å²) >= 11 is 5.47. The van der Waals surface area contributed by atoms with Gasteiger partial charge in [0, 0.05) is 5.56 Å². The van der Waals surface area contributed by atoms with Gasteiger partial charge in [0.1, 0.15) is 11.2 Å². The van der Waals surface area contributed by atoms with Gasteiger partial charge in [-0.15, -0.1) is 11.6 Å². The van der Waals surface area contributed by atoms with Crippen molar-refractivity contribution in [3.05, 3.63) is 35.6 Å². The number of carbonyl (C=O) groups excluding carboxylic acids is 2. The summed E-state index contributed by atoms with van der Waals surface area (Å²) < 4.78 is 12.6. The minimum Gasteiger partial charge on any atom is -0.272 e. The molecule has 2 N–H and O–H groups in total. The lowest BCUT2D eigenvalue weighted by Gasteiger charge is -2.08. The van der Waals surface area contributed by atoms with Crippen LogP contribution in [0.5, 0.6) is 0 Å². The van der Waals surface area contributed by atoms with Crippen LogP contribution in [-0.4, -0.2) is 17.2 Å². The van der Waals surface area contributed by atoms with E-state index in [-0.39, 0.29) is 5.56 Å². The second kappa shape index (κ2) is 5.46. The fraction of sp³-hybridized carbons (Fsp3) is 0.200. The molecule has 6 heteroatoms. The van der Waals surface area contributed by atoms with Gasteiger partial charge in [-0.3, -0.25) is 20.4 Å². The zero-order valence-electron chi connectivity index (χ0n) is 8.46. The zero-order valence-corrected chi connectivity index (χ0v) is 9.22. The molecule has 0 saturated heterocycles. The van der Waals surface area contributed by atoms with Crippen LogP contribution in [0.25, 0.3) is 0 Å². The summed E-state index contributed by atoms with van der Waals surface area (Å²) in [5, 5.41) is -0.742. The molecule has 1 aromatic carbocycles. The van der Waals surface area contributed by atoms with E-state index < -0.39 is 23.0 Å². The van der Waals surface area contributed by atoms with E-state index in [4.69, 9.17) is 11.6 Å². The highest BCUT2D eigenvalue weighted by Gasteiger charge is 2.10. The Bertz CT molecular complexity index is 392. The second-order valence-electron chi connectivity index (χ2n) is 3.07. The van der Waals surface area contributed by atoms with Crippen LogP contribution >= 0.6 is 11.6 Å². The summed E-state index contributed by atoms with van der Waals surface area (Å²) in [5.74, 6) is -1.49. The highest BCUT2D eigenvalue weighted by Crippen LogP contribution is 2.01. The summed E-state index contributed by atoms with van der Waals surface area (Å²) in [5.41, 5.74) is 4.52. The van der Waals surface area contributed by atoms with Crippen molar-refractivity contribution in [3.8, 4) is 0 Å². The molecule has 0 unspecified atom stereocenters. The number of amides is 2. The number of hydrogen-bond donors (Lipinski definition) is 2. The molecule has 0 aliphatic carbocycles. The number of rotatable bonds is 2. The van der Waals surface area contributed by atoms with Crippen molar-refractivity contribution in [2.45, 2.75) is 12.3 Å². The topological polar surface area (TPSA) is 58.2 Å². The van der Waals surface area contributed by atoms with Gasteiger partial charge in [0.15, 0.2) is 0 Å². The molecular weight excluding hydrogens is 235 g/mol. The maximum Gasteiger partial charge on any atom is 0.269 e. The minimum absolute atomic E-state index is 0.240. The third-order valence-electron chi connectivity index (χ3n) is 1.77. The average molecular weight is 245 g/mol. The molecule has 2 amide bonds. The van der Waals surface area contributed by atoms with Crippen molar-refractivity contribution >= 4 is 23.4 Å². The van der Waals surface area contributed by atoms with Crippen molar-refractivity contribution in [2.75, 3.05) is 0 Å². The molecule has 0 aliphatic rings. The van der Waals surface area contributed by atoms with Crippen molar-refractivity contribution in [1.29, 1.82) is 0 Å². The van der Waals surface area contributed by atoms with Gasteiger partial charge in [0.25, 0.3) is 11.8 Å². The molecule has 0 spiro atoms. The molecule has 0 aliphatic heterocycles. The lowest BCUT2D eigenvalue weighted by molar-refractivity contribution is -0.121. The molecule has 0 aromatic heterocycles. The summed E-state index contributed by atoms with van der Waals surface area (Å²) in [4.78, 5) is 22.4. The number of benzene rings is 1. The molecule has 86 valence electrons. The van der Waals surface area contributed by atoms with E-state index in [1.165, 1.54) is 19.1 Å². The number of halogens is 2. The molecule has 1 aromatic rings. The van der Waals surface area contributed by atoms with Crippen LogP contribution in [0.4, 0.5) is 4.39 Å². The Hall–Kier alpha value is -1.62. The molecule has 0 bridgehead atoms. The predicted octanol–water partition coefficient (Wildman–Crippen LogP) is 1.21. The van der Waals surface area contributed by atoms with Gasteiger partial charge in [-0.1, -0.05) is 0 Å². The van der Waals surface area contributed by atoms with Gasteiger partial charge >= 0.3 is 0 Å². The van der Waals surface area contributed by atoms with Crippen LogP contribution in [0, 0.1) is 5.82 Å². The van der Waals surface area contributed by atoms with E-state index in [1.807, 2.05) is 0 Å². The monoisotopic (exact) mass is 244 g/mol. The largest absolute Gasteiger partial charge is 0.272 e. The number of alkyl halides is 1. The van der Waals surface area contributed by atoms with Crippen LogP contribution < -0.4 is 10.9 Å². The smallest absolute Gasteiger partial charge is 0.269 e. The van der Waals surface area contributed by atoms with E-state index in [0.29, 0.717) is 0 Å². The first-order valence-corrected chi connectivity index (χ1v) is 4.94. The van der Waals surface area contributed by atoms with Crippen LogP contribution in [0.15, 0.2) is 24.3 Å². The van der Waals surface area contributed by atoms with Gasteiger partial charge in [-0.05, 0) is 31.2 Å². The lowest BCUT2D eigenvalue weighted by Crippen LogP contribution is -2.44. The quantitative estimate of drug-likeness (QED) is 0.607. The summed E-state index contributed by atoms with van der Waals surface area (Å²) in [6, 6.07) is 4.92. The van der Waals surface area contributed by atoms with E-state index >= 15 is 0 Å². The normalized spacial score (nSPS) is 11.7. The van der Waals surface area contributed by atoms with Crippen LogP contribution in [0.1, 0.15) is 17.3 Å². The fourth-order valence-electron chi connectivity index (χ4n) is 0.891. The van der Waals surface area contributed by atoms with E-state index in [1.54, 1.807) is 0 Å². The SMILES string of the molecule is C[C@H](Cl)C(=O)NNC(=O)c1ccc(F)cc1. The van der Waals surface area contributed by atoms with Gasteiger partial charge in [0.05, 0.1) is 0 Å². The molecule has 1 rings (SSSR count). The van der Waals surface area contributed by atoms with E-state index in [0.717, 1.165) is 12.1 Å². The zero-order chi connectivity index (χ0) is 12.1. The van der Waals surface area contributed by atoms with Crippen LogP contribution in [0.3, 0.4) is 0 Å². The lowest BCUT2D eigenvalue weighted by atomic mass is 10.2. The maximum atomic E-state index is 12.6. The Labute approximate surface area is 96.8 Å². The van der Waals surface area contributed by atoms with Crippen molar-refractivity contribution < 1.29 is 14.0 Å². The summed E-state index contributed by atoms with van der Waals surface area (Å²) in [7, 11) is 0. The molecule has 4 nitrogen and oxygen atoms in total. The van der Waals surface area contributed by atoms with E-state index in [2.05, 4.69) is 10.9 Å². The summed E-state index contributed by atoms with van der Waals surface area (Å²) in [6.07, 6.45) is 0. The molecule has 0 radical (unpaired) electrons. The molecule has 0 saturated carbocycles.